The van der Waals surface area contributed by atoms with E-state index in [9.17, 15) is 4.79 Å². The van der Waals surface area contributed by atoms with E-state index in [2.05, 4.69) is 10.1 Å². The van der Waals surface area contributed by atoms with E-state index in [1.165, 1.54) is 4.90 Å². The fraction of sp³-hybridized carbons (Fsp3) is 0.250. The van der Waals surface area contributed by atoms with Crippen LogP contribution in [0.2, 0.25) is 5.02 Å². The summed E-state index contributed by atoms with van der Waals surface area (Å²) in [4.78, 5) is 18.5. The van der Waals surface area contributed by atoms with Crippen LogP contribution in [0, 0.1) is 6.92 Å². The summed E-state index contributed by atoms with van der Waals surface area (Å²) in [5.74, 6) is 1.43. The third-order valence-electron chi connectivity index (χ3n) is 3.99. The van der Waals surface area contributed by atoms with Crippen LogP contribution in [0.4, 0.5) is 0 Å². The summed E-state index contributed by atoms with van der Waals surface area (Å²) in [6.07, 6.45) is 0. The zero-order valence-corrected chi connectivity index (χ0v) is 16.2. The first-order valence-electron chi connectivity index (χ1n) is 8.55. The van der Waals surface area contributed by atoms with Crippen LogP contribution in [0.15, 0.2) is 47.0 Å². The fourth-order valence-electron chi connectivity index (χ4n) is 2.66. The number of benzene rings is 2. The van der Waals surface area contributed by atoms with E-state index in [-0.39, 0.29) is 12.5 Å². The van der Waals surface area contributed by atoms with Crippen LogP contribution in [0.25, 0.3) is 11.4 Å². The van der Waals surface area contributed by atoms with Crippen molar-refractivity contribution in [1.29, 1.82) is 0 Å². The third kappa shape index (κ3) is 4.46. The van der Waals surface area contributed by atoms with Gasteiger partial charge in [0.2, 0.25) is 11.7 Å². The van der Waals surface area contributed by atoms with Gasteiger partial charge in [-0.1, -0.05) is 28.9 Å². The van der Waals surface area contributed by atoms with Crippen molar-refractivity contribution in [3.8, 4) is 17.1 Å². The highest BCUT2D eigenvalue weighted by molar-refractivity contribution is 6.30. The largest absolute Gasteiger partial charge is 0.494 e. The van der Waals surface area contributed by atoms with Crippen LogP contribution in [0.1, 0.15) is 28.7 Å². The van der Waals surface area contributed by atoms with Crippen LogP contribution in [-0.4, -0.2) is 34.6 Å². The molecule has 3 aromatic rings. The first-order valence-corrected chi connectivity index (χ1v) is 8.93. The third-order valence-corrected chi connectivity index (χ3v) is 4.23. The molecule has 0 atom stereocenters. The number of amides is 1. The Hall–Kier alpha value is -2.86. The normalized spacial score (nSPS) is 10.7. The minimum atomic E-state index is -0.136. The van der Waals surface area contributed by atoms with Crippen molar-refractivity contribution in [2.24, 2.45) is 0 Å². The topological polar surface area (TPSA) is 68.5 Å². The molecule has 27 heavy (non-hydrogen) atoms. The van der Waals surface area contributed by atoms with Crippen molar-refractivity contribution in [2.45, 2.75) is 20.4 Å². The second-order valence-corrected chi connectivity index (χ2v) is 6.53. The molecule has 0 spiro atoms. The Kier molecular flexibility index (Phi) is 5.76. The van der Waals surface area contributed by atoms with E-state index in [0.717, 1.165) is 16.9 Å². The number of hydrogen-bond donors (Lipinski definition) is 0. The van der Waals surface area contributed by atoms with Crippen LogP contribution in [0.3, 0.4) is 0 Å². The molecular weight excluding hydrogens is 366 g/mol. The number of rotatable bonds is 6. The van der Waals surface area contributed by atoms with Crippen LogP contribution >= 0.6 is 11.6 Å². The van der Waals surface area contributed by atoms with Crippen molar-refractivity contribution in [1.82, 2.24) is 15.0 Å². The molecule has 3 rings (SSSR count). The average Bonchev–Trinajstić information content (AvgIpc) is 3.11. The van der Waals surface area contributed by atoms with E-state index >= 15 is 0 Å². The molecule has 1 aromatic heterocycles. The van der Waals surface area contributed by atoms with Gasteiger partial charge in [0, 0.05) is 23.2 Å². The first kappa shape index (κ1) is 18.9. The fourth-order valence-corrected chi connectivity index (χ4v) is 2.85. The number of carbonyl (C=O) groups excluding carboxylic acids is 1. The monoisotopic (exact) mass is 385 g/mol. The van der Waals surface area contributed by atoms with Crippen molar-refractivity contribution in [3.63, 3.8) is 0 Å². The highest BCUT2D eigenvalue weighted by atomic mass is 35.5. The maximum absolute atomic E-state index is 12.7. The molecular formula is C20H20ClN3O3. The van der Waals surface area contributed by atoms with Crippen molar-refractivity contribution >= 4 is 17.5 Å². The van der Waals surface area contributed by atoms with Crippen molar-refractivity contribution in [3.05, 3.63) is 64.5 Å². The van der Waals surface area contributed by atoms with E-state index < -0.39 is 0 Å². The Morgan fingerprint density at radius 1 is 1.26 bits per heavy atom. The van der Waals surface area contributed by atoms with Gasteiger partial charge in [-0.3, -0.25) is 4.79 Å². The Morgan fingerprint density at radius 2 is 2.07 bits per heavy atom. The van der Waals surface area contributed by atoms with Gasteiger partial charge in [-0.25, -0.2) is 0 Å². The first-order chi connectivity index (χ1) is 13.0. The molecule has 0 bridgehead atoms. The quantitative estimate of drug-likeness (QED) is 0.630. The lowest BCUT2D eigenvalue weighted by molar-refractivity contribution is 0.0769. The Morgan fingerprint density at radius 3 is 2.78 bits per heavy atom. The highest BCUT2D eigenvalue weighted by Gasteiger charge is 2.17. The summed E-state index contributed by atoms with van der Waals surface area (Å²) in [6, 6.07) is 12.6. The van der Waals surface area contributed by atoms with Gasteiger partial charge < -0.3 is 14.2 Å². The average molecular weight is 386 g/mol. The maximum atomic E-state index is 12.7. The number of carbonyl (C=O) groups is 1. The van der Waals surface area contributed by atoms with Gasteiger partial charge in [0.15, 0.2) is 0 Å². The van der Waals surface area contributed by atoms with E-state index in [0.29, 0.717) is 28.9 Å². The molecule has 0 aliphatic heterocycles. The van der Waals surface area contributed by atoms with Gasteiger partial charge in [0.1, 0.15) is 5.75 Å². The zero-order valence-electron chi connectivity index (χ0n) is 15.4. The number of halogens is 1. The Balaban J connectivity index is 1.71. The lowest BCUT2D eigenvalue weighted by atomic mass is 10.1. The molecule has 6 nitrogen and oxygen atoms in total. The highest BCUT2D eigenvalue weighted by Crippen LogP contribution is 2.22. The smallest absolute Gasteiger partial charge is 0.254 e. The Labute approximate surface area is 162 Å². The SMILES string of the molecule is CCOc1ccc(C(=O)N(C)Cc2nc(-c3cccc(Cl)c3)no2)cc1C. The molecule has 7 heteroatoms. The lowest BCUT2D eigenvalue weighted by Crippen LogP contribution is -2.26. The Bertz CT molecular complexity index is 955. The molecule has 0 unspecified atom stereocenters. The molecule has 0 radical (unpaired) electrons. The molecule has 0 fully saturated rings. The summed E-state index contributed by atoms with van der Waals surface area (Å²) in [7, 11) is 1.69. The van der Waals surface area contributed by atoms with E-state index in [1.54, 1.807) is 25.2 Å². The number of aryl methyl sites for hydroxylation is 1. The second kappa shape index (κ2) is 8.22. The van der Waals surface area contributed by atoms with Gasteiger partial charge in [-0.05, 0) is 49.7 Å². The van der Waals surface area contributed by atoms with Gasteiger partial charge in [0.05, 0.1) is 13.2 Å². The van der Waals surface area contributed by atoms with Gasteiger partial charge in [-0.2, -0.15) is 4.98 Å². The summed E-state index contributed by atoms with van der Waals surface area (Å²) in [5.41, 5.74) is 2.25. The van der Waals surface area contributed by atoms with E-state index in [1.807, 2.05) is 38.1 Å². The van der Waals surface area contributed by atoms with Crippen LogP contribution in [-0.2, 0) is 6.54 Å². The predicted molar refractivity (Wildman–Crippen MR) is 103 cm³/mol. The molecule has 1 amide bonds. The molecule has 0 aliphatic rings. The predicted octanol–water partition coefficient (Wildman–Crippen LogP) is 4.37. The second-order valence-electron chi connectivity index (χ2n) is 6.10. The molecule has 0 aliphatic carbocycles. The molecule has 0 saturated carbocycles. The molecule has 0 N–H and O–H groups in total. The summed E-state index contributed by atoms with van der Waals surface area (Å²) in [5, 5.41) is 4.55. The van der Waals surface area contributed by atoms with Crippen molar-refractivity contribution in [2.75, 3.05) is 13.7 Å². The molecule has 2 aromatic carbocycles. The molecule has 0 saturated heterocycles. The number of nitrogens with zero attached hydrogens (tertiary/aromatic N) is 3. The van der Waals surface area contributed by atoms with Crippen LogP contribution in [0.5, 0.6) is 5.75 Å². The van der Waals surface area contributed by atoms with Crippen molar-refractivity contribution < 1.29 is 14.1 Å². The van der Waals surface area contributed by atoms with Crippen LogP contribution < -0.4 is 4.74 Å². The summed E-state index contributed by atoms with van der Waals surface area (Å²) >= 11 is 5.99. The standard InChI is InChI=1S/C20H20ClN3O3/c1-4-26-17-9-8-15(10-13(17)2)20(25)24(3)12-18-22-19(23-27-18)14-6-5-7-16(21)11-14/h5-11H,4,12H2,1-3H3. The van der Waals surface area contributed by atoms with Gasteiger partial charge in [0.25, 0.3) is 5.91 Å². The van der Waals surface area contributed by atoms with E-state index in [4.69, 9.17) is 20.9 Å². The molecule has 1 heterocycles. The number of ether oxygens (including phenoxy) is 1. The zero-order chi connectivity index (χ0) is 19.4. The minimum absolute atomic E-state index is 0.136. The minimum Gasteiger partial charge on any atom is -0.494 e. The summed E-state index contributed by atoms with van der Waals surface area (Å²) < 4.78 is 10.8. The van der Waals surface area contributed by atoms with Gasteiger partial charge in [-0.15, -0.1) is 0 Å². The number of aromatic nitrogens is 2. The number of hydrogen-bond acceptors (Lipinski definition) is 5. The van der Waals surface area contributed by atoms with Gasteiger partial charge >= 0.3 is 0 Å². The summed E-state index contributed by atoms with van der Waals surface area (Å²) in [6.45, 7) is 4.63. The lowest BCUT2D eigenvalue weighted by Gasteiger charge is -2.16. The molecule has 140 valence electrons. The maximum Gasteiger partial charge on any atom is 0.254 e.